The van der Waals surface area contributed by atoms with Crippen molar-refractivity contribution < 1.29 is 33.6 Å². The Morgan fingerprint density at radius 3 is 2.65 bits per heavy atom. The first-order valence-corrected chi connectivity index (χ1v) is 15.4. The molecule has 0 radical (unpaired) electrons. The summed E-state index contributed by atoms with van der Waals surface area (Å²) in [5, 5.41) is 22.6. The van der Waals surface area contributed by atoms with Crippen LogP contribution < -0.4 is 21.6 Å². The maximum atomic E-state index is 14.0. The number of epoxide rings is 1. The number of aliphatic hydroxyl groups is 1. The summed E-state index contributed by atoms with van der Waals surface area (Å²) in [5.74, 6) is 0.0475. The normalized spacial score (nSPS) is 26.7. The van der Waals surface area contributed by atoms with Crippen molar-refractivity contribution in [2.45, 2.75) is 88.3 Å². The SMILES string of the molecule is Cc1cc(=O)c2c(O)c3c(cc2o1)OC(C)(C)[C@@H]1OC(=O)[C@@]2(C[C@H](O)CC[C@@H]31)O[C@@H]2CCc1cc(N)nc(-c2ccnc(N)c2)c1. The van der Waals surface area contributed by atoms with Crippen LogP contribution in [0.1, 0.15) is 62.3 Å². The molecular weight excluding hydrogens is 592 g/mol. The van der Waals surface area contributed by atoms with Gasteiger partial charge in [0.1, 0.15) is 51.6 Å². The summed E-state index contributed by atoms with van der Waals surface area (Å²) in [6, 6.07) is 10.1. The van der Waals surface area contributed by atoms with Crippen molar-refractivity contribution in [3.63, 3.8) is 0 Å². The quantitative estimate of drug-likeness (QED) is 0.188. The van der Waals surface area contributed by atoms with Crippen LogP contribution in [0.25, 0.3) is 22.2 Å². The van der Waals surface area contributed by atoms with Crippen LogP contribution in [0, 0.1) is 6.92 Å². The monoisotopic (exact) mass is 628 g/mol. The second-order valence-electron chi connectivity index (χ2n) is 13.1. The number of nitrogens with zero attached hydrogens (tertiary/aromatic N) is 2. The number of benzene rings is 1. The molecule has 3 aliphatic rings. The molecule has 2 fully saturated rings. The van der Waals surface area contributed by atoms with E-state index in [1.54, 1.807) is 37.4 Å². The molecule has 12 nitrogen and oxygen atoms in total. The first kappa shape index (κ1) is 30.0. The molecule has 0 saturated carbocycles. The molecule has 1 spiro atoms. The van der Waals surface area contributed by atoms with Crippen molar-refractivity contribution in [1.29, 1.82) is 0 Å². The maximum Gasteiger partial charge on any atom is 0.341 e. The van der Waals surface area contributed by atoms with Crippen molar-refractivity contribution in [3.8, 4) is 22.8 Å². The summed E-state index contributed by atoms with van der Waals surface area (Å²) < 4.78 is 24.4. The van der Waals surface area contributed by atoms with E-state index < -0.39 is 41.4 Å². The minimum absolute atomic E-state index is 0.0347. The predicted molar refractivity (Wildman–Crippen MR) is 168 cm³/mol. The topological polar surface area (TPSA) is 197 Å². The van der Waals surface area contributed by atoms with Crippen molar-refractivity contribution in [2.75, 3.05) is 11.5 Å². The molecule has 46 heavy (non-hydrogen) atoms. The number of aliphatic hydroxyl groups excluding tert-OH is 1. The van der Waals surface area contributed by atoms with E-state index in [0.29, 0.717) is 60.1 Å². The van der Waals surface area contributed by atoms with E-state index in [1.165, 1.54) is 6.07 Å². The highest BCUT2D eigenvalue weighted by molar-refractivity contribution is 5.88. The first-order valence-electron chi connectivity index (χ1n) is 15.4. The zero-order valence-electron chi connectivity index (χ0n) is 25.8. The summed E-state index contributed by atoms with van der Waals surface area (Å²) in [6.07, 6.45) is 1.15. The fraction of sp³-hybridized carbons (Fsp3) is 0.412. The number of phenols is 1. The van der Waals surface area contributed by atoms with E-state index in [0.717, 1.165) is 11.1 Å². The molecule has 4 aromatic rings. The van der Waals surface area contributed by atoms with E-state index in [1.807, 2.05) is 19.9 Å². The van der Waals surface area contributed by atoms with Gasteiger partial charge in [0.05, 0.1) is 17.9 Å². The van der Waals surface area contributed by atoms with Crippen LogP contribution in [0.4, 0.5) is 11.6 Å². The van der Waals surface area contributed by atoms with E-state index in [4.69, 9.17) is 30.1 Å². The molecule has 6 N–H and O–H groups in total. The van der Waals surface area contributed by atoms with Gasteiger partial charge in [0.15, 0.2) is 11.0 Å². The lowest BCUT2D eigenvalue weighted by Crippen LogP contribution is -2.52. The van der Waals surface area contributed by atoms with Crippen LogP contribution in [-0.4, -0.2) is 55.7 Å². The minimum atomic E-state index is -1.32. The summed E-state index contributed by atoms with van der Waals surface area (Å²) in [6.45, 7) is 5.27. The number of esters is 1. The highest BCUT2D eigenvalue weighted by atomic mass is 16.7. The molecule has 3 aliphatic heterocycles. The number of aryl methyl sites for hydroxylation is 2. The molecule has 0 aliphatic carbocycles. The number of ether oxygens (including phenoxy) is 3. The first-order chi connectivity index (χ1) is 21.8. The summed E-state index contributed by atoms with van der Waals surface area (Å²) >= 11 is 0. The molecule has 6 heterocycles. The van der Waals surface area contributed by atoms with Crippen molar-refractivity contribution in [1.82, 2.24) is 9.97 Å². The lowest BCUT2D eigenvalue weighted by Gasteiger charge is -2.44. The predicted octanol–water partition coefficient (Wildman–Crippen LogP) is 3.91. The third kappa shape index (κ3) is 5.11. The summed E-state index contributed by atoms with van der Waals surface area (Å²) in [7, 11) is 0. The number of hydrogen-bond acceptors (Lipinski definition) is 12. The molecule has 240 valence electrons. The number of phenolic OH excluding ortho intramolecular Hbond substituents is 1. The molecular formula is C34H36N4O8. The smallest absolute Gasteiger partial charge is 0.341 e. The number of hydrogen-bond donors (Lipinski definition) is 4. The number of fused-ring (bicyclic) bond motifs is 4. The zero-order chi connectivity index (χ0) is 32.5. The number of aromatic nitrogens is 2. The van der Waals surface area contributed by atoms with Gasteiger partial charge in [0, 0.05) is 41.8 Å². The molecule has 0 bridgehead atoms. The van der Waals surface area contributed by atoms with Gasteiger partial charge in [-0.15, -0.1) is 0 Å². The van der Waals surface area contributed by atoms with Crippen LogP contribution in [0.3, 0.4) is 0 Å². The Bertz CT molecular complexity index is 1940. The van der Waals surface area contributed by atoms with Gasteiger partial charge in [-0.25, -0.2) is 14.8 Å². The van der Waals surface area contributed by atoms with Gasteiger partial charge in [0.25, 0.3) is 0 Å². The van der Waals surface area contributed by atoms with Gasteiger partial charge in [-0.3, -0.25) is 4.79 Å². The number of carbonyl (C=O) groups excluding carboxylic acids is 1. The largest absolute Gasteiger partial charge is 0.507 e. The zero-order valence-corrected chi connectivity index (χ0v) is 25.8. The fourth-order valence-corrected chi connectivity index (χ4v) is 7.16. The van der Waals surface area contributed by atoms with E-state index in [2.05, 4.69) is 9.97 Å². The van der Waals surface area contributed by atoms with Gasteiger partial charge in [-0.2, -0.15) is 0 Å². The van der Waals surface area contributed by atoms with E-state index >= 15 is 0 Å². The second-order valence-corrected chi connectivity index (χ2v) is 13.1. The number of nitrogens with two attached hydrogens (primary N) is 2. The van der Waals surface area contributed by atoms with Gasteiger partial charge in [0.2, 0.25) is 0 Å². The van der Waals surface area contributed by atoms with Crippen molar-refractivity contribution >= 4 is 28.6 Å². The number of aromatic hydroxyl groups is 1. The molecule has 0 amide bonds. The molecule has 7 rings (SSSR count). The third-order valence-electron chi connectivity index (χ3n) is 9.33. The average molecular weight is 629 g/mol. The Kier molecular flexibility index (Phi) is 6.98. The van der Waals surface area contributed by atoms with Crippen LogP contribution in [-0.2, 0) is 20.7 Å². The Labute approximate surface area is 264 Å². The standard InChI is InChI=1S/C34H36N4O8/c1-16-10-22(40)29-23(43-16)14-24-28(30(29)41)20-6-5-19(39)15-34(32(42)44-31(20)33(2,3)45-24)25(46-34)7-4-17-11-21(38-27(36)12-17)18-8-9-37-26(35)13-18/h8-14,19-20,25,31,39,41H,4-7,15H2,1-3H3,(H2,35,37)(H2,36,38)/t19-,20+,25-,31-,34+/m1/s1. The third-order valence-corrected chi connectivity index (χ3v) is 9.33. The van der Waals surface area contributed by atoms with Gasteiger partial charge < -0.3 is 40.3 Å². The van der Waals surface area contributed by atoms with Gasteiger partial charge in [-0.1, -0.05) is 0 Å². The number of pyridine rings is 2. The average Bonchev–Trinajstić information content (AvgIpc) is 3.67. The van der Waals surface area contributed by atoms with Crippen molar-refractivity contribution in [2.24, 2.45) is 0 Å². The van der Waals surface area contributed by atoms with Crippen LogP contribution in [0.5, 0.6) is 11.5 Å². The summed E-state index contributed by atoms with van der Waals surface area (Å²) in [5.41, 5.74) is 12.2. The number of rotatable bonds is 4. The van der Waals surface area contributed by atoms with Crippen LogP contribution >= 0.6 is 0 Å². The van der Waals surface area contributed by atoms with Crippen LogP contribution in [0.15, 0.2) is 51.8 Å². The van der Waals surface area contributed by atoms with Gasteiger partial charge in [-0.05, 0) is 76.3 Å². The minimum Gasteiger partial charge on any atom is -0.507 e. The van der Waals surface area contributed by atoms with E-state index in [9.17, 15) is 19.8 Å². The number of nitrogen functional groups attached to an aromatic ring is 2. The number of anilines is 2. The molecule has 0 unspecified atom stereocenters. The molecule has 5 atom stereocenters. The van der Waals surface area contributed by atoms with Crippen LogP contribution in [0.2, 0.25) is 0 Å². The maximum absolute atomic E-state index is 14.0. The van der Waals surface area contributed by atoms with Crippen molar-refractivity contribution in [3.05, 3.63) is 69.7 Å². The molecule has 12 heteroatoms. The fourth-order valence-electron chi connectivity index (χ4n) is 7.16. The Morgan fingerprint density at radius 1 is 1.07 bits per heavy atom. The lowest BCUT2D eigenvalue weighted by atomic mass is 9.77. The Balaban J connectivity index is 1.16. The Morgan fingerprint density at radius 2 is 1.87 bits per heavy atom. The molecule has 3 aromatic heterocycles. The lowest BCUT2D eigenvalue weighted by molar-refractivity contribution is -0.171. The summed E-state index contributed by atoms with van der Waals surface area (Å²) in [4.78, 5) is 35.3. The Hall–Kier alpha value is -4.68. The molecule has 2 saturated heterocycles. The molecule has 1 aromatic carbocycles. The van der Waals surface area contributed by atoms with Gasteiger partial charge >= 0.3 is 5.97 Å². The second kappa shape index (κ2) is 10.7. The van der Waals surface area contributed by atoms with E-state index in [-0.39, 0.29) is 28.6 Å². The highest BCUT2D eigenvalue weighted by Gasteiger charge is 2.65. The highest BCUT2D eigenvalue weighted by Crippen LogP contribution is 2.53. The number of carbonyl (C=O) groups is 1.